The zero-order chi connectivity index (χ0) is 12.8. The Labute approximate surface area is 109 Å². The largest absolute Gasteiger partial charge is 0.467 e. The van der Waals surface area contributed by atoms with Crippen molar-refractivity contribution in [2.45, 2.75) is 52.0 Å². The van der Waals surface area contributed by atoms with E-state index in [1.807, 2.05) is 13.8 Å². The third-order valence-electron chi connectivity index (χ3n) is 2.80. The monoisotopic (exact) mass is 253 g/mol. The standard InChI is InChI=1S/C14H23NO3/c1-11(2)17-6-5-16-10-14-7-12(9-18-14)8-15-13-3-4-13/h7,9,11,13,15H,3-6,8,10H2,1-2H3. The van der Waals surface area contributed by atoms with Crippen molar-refractivity contribution in [2.75, 3.05) is 13.2 Å². The number of hydrogen-bond donors (Lipinski definition) is 1. The average molecular weight is 253 g/mol. The van der Waals surface area contributed by atoms with E-state index in [0.717, 1.165) is 18.3 Å². The van der Waals surface area contributed by atoms with Gasteiger partial charge in [-0.05, 0) is 32.8 Å². The lowest BCUT2D eigenvalue weighted by molar-refractivity contribution is 0.0104. The Balaban J connectivity index is 1.57. The summed E-state index contributed by atoms with van der Waals surface area (Å²) in [5.41, 5.74) is 1.19. The first-order chi connectivity index (χ1) is 8.74. The second-order valence-corrected chi connectivity index (χ2v) is 5.05. The molecule has 2 rings (SSSR count). The van der Waals surface area contributed by atoms with Crippen LogP contribution in [-0.2, 0) is 22.6 Å². The van der Waals surface area contributed by atoms with Crippen LogP contribution in [0.4, 0.5) is 0 Å². The van der Waals surface area contributed by atoms with Gasteiger partial charge < -0.3 is 19.2 Å². The Bertz CT molecular complexity index is 345. The molecule has 0 spiro atoms. The van der Waals surface area contributed by atoms with Gasteiger partial charge in [0.1, 0.15) is 12.4 Å². The molecule has 1 N–H and O–H groups in total. The van der Waals surface area contributed by atoms with E-state index in [1.165, 1.54) is 18.4 Å². The maximum Gasteiger partial charge on any atom is 0.129 e. The lowest BCUT2D eigenvalue weighted by Crippen LogP contribution is -2.14. The average Bonchev–Trinajstić information content (AvgIpc) is 3.06. The molecule has 1 heterocycles. The van der Waals surface area contributed by atoms with Crippen molar-refractivity contribution in [3.8, 4) is 0 Å². The highest BCUT2D eigenvalue weighted by Gasteiger charge is 2.20. The summed E-state index contributed by atoms with van der Waals surface area (Å²) in [6, 6.07) is 2.78. The quantitative estimate of drug-likeness (QED) is 0.687. The van der Waals surface area contributed by atoms with E-state index >= 15 is 0 Å². The molecule has 0 aliphatic heterocycles. The van der Waals surface area contributed by atoms with Crippen LogP contribution in [-0.4, -0.2) is 25.4 Å². The summed E-state index contributed by atoms with van der Waals surface area (Å²) in [7, 11) is 0. The smallest absolute Gasteiger partial charge is 0.129 e. The van der Waals surface area contributed by atoms with Gasteiger partial charge in [-0.3, -0.25) is 0 Å². The highest BCUT2D eigenvalue weighted by Crippen LogP contribution is 2.19. The Morgan fingerprint density at radius 2 is 2.22 bits per heavy atom. The summed E-state index contributed by atoms with van der Waals surface area (Å²) < 4.78 is 16.3. The van der Waals surface area contributed by atoms with Gasteiger partial charge in [0, 0.05) is 18.2 Å². The molecule has 18 heavy (non-hydrogen) atoms. The van der Waals surface area contributed by atoms with Crippen LogP contribution in [0.25, 0.3) is 0 Å². The SMILES string of the molecule is CC(C)OCCOCc1cc(CNC2CC2)co1. The first-order valence-electron chi connectivity index (χ1n) is 6.73. The second-order valence-electron chi connectivity index (χ2n) is 5.05. The van der Waals surface area contributed by atoms with Crippen LogP contribution in [0.15, 0.2) is 16.7 Å². The highest BCUT2D eigenvalue weighted by molar-refractivity contribution is 5.12. The molecular weight excluding hydrogens is 230 g/mol. The number of nitrogens with one attached hydrogen (secondary N) is 1. The van der Waals surface area contributed by atoms with E-state index in [2.05, 4.69) is 11.4 Å². The minimum atomic E-state index is 0.261. The topological polar surface area (TPSA) is 43.6 Å². The van der Waals surface area contributed by atoms with Gasteiger partial charge in [-0.15, -0.1) is 0 Å². The van der Waals surface area contributed by atoms with Gasteiger partial charge in [0.05, 0.1) is 25.6 Å². The molecule has 0 atom stereocenters. The maximum atomic E-state index is 5.48. The molecule has 0 unspecified atom stereocenters. The van der Waals surface area contributed by atoms with Gasteiger partial charge in [-0.2, -0.15) is 0 Å². The molecule has 1 aromatic heterocycles. The third kappa shape index (κ3) is 5.21. The van der Waals surface area contributed by atoms with Gasteiger partial charge in [0.25, 0.3) is 0 Å². The Morgan fingerprint density at radius 3 is 2.94 bits per heavy atom. The van der Waals surface area contributed by atoms with Crippen molar-refractivity contribution in [3.63, 3.8) is 0 Å². The Kier molecular flexibility index (Phi) is 5.23. The number of rotatable bonds is 9. The van der Waals surface area contributed by atoms with Crippen molar-refractivity contribution < 1.29 is 13.9 Å². The number of ether oxygens (including phenoxy) is 2. The molecule has 4 heteroatoms. The van der Waals surface area contributed by atoms with Crippen molar-refractivity contribution in [1.29, 1.82) is 0 Å². The normalized spacial score (nSPS) is 15.5. The van der Waals surface area contributed by atoms with E-state index < -0.39 is 0 Å². The number of hydrogen-bond acceptors (Lipinski definition) is 4. The molecule has 1 aliphatic carbocycles. The first kappa shape index (κ1) is 13.6. The summed E-state index contributed by atoms with van der Waals surface area (Å²) in [5.74, 6) is 0.882. The van der Waals surface area contributed by atoms with Gasteiger partial charge in [0.15, 0.2) is 0 Å². The van der Waals surface area contributed by atoms with Gasteiger partial charge >= 0.3 is 0 Å². The highest BCUT2D eigenvalue weighted by atomic mass is 16.5. The molecule has 0 radical (unpaired) electrons. The van der Waals surface area contributed by atoms with Gasteiger partial charge in [-0.1, -0.05) is 0 Å². The molecule has 1 aliphatic rings. The molecule has 0 saturated heterocycles. The van der Waals surface area contributed by atoms with Crippen molar-refractivity contribution in [3.05, 3.63) is 23.7 Å². The van der Waals surface area contributed by atoms with Crippen molar-refractivity contribution in [2.24, 2.45) is 0 Å². The second kappa shape index (κ2) is 6.92. The summed E-state index contributed by atoms with van der Waals surface area (Å²) in [6.07, 6.45) is 4.68. The molecule has 1 aromatic rings. The Hall–Kier alpha value is -0.840. The van der Waals surface area contributed by atoms with E-state index in [0.29, 0.717) is 19.8 Å². The molecule has 1 saturated carbocycles. The summed E-state index contributed by atoms with van der Waals surface area (Å²) >= 11 is 0. The summed E-state index contributed by atoms with van der Waals surface area (Å²) in [4.78, 5) is 0. The molecule has 0 aromatic carbocycles. The fraction of sp³-hybridized carbons (Fsp3) is 0.714. The minimum absolute atomic E-state index is 0.261. The van der Waals surface area contributed by atoms with Crippen LogP contribution < -0.4 is 5.32 Å². The van der Waals surface area contributed by atoms with Crippen LogP contribution in [0, 0.1) is 0 Å². The van der Waals surface area contributed by atoms with Crippen LogP contribution in [0.3, 0.4) is 0 Å². The van der Waals surface area contributed by atoms with E-state index in [-0.39, 0.29) is 6.10 Å². The first-order valence-corrected chi connectivity index (χ1v) is 6.73. The summed E-state index contributed by atoms with van der Waals surface area (Å²) in [6.45, 7) is 6.69. The van der Waals surface area contributed by atoms with Crippen LogP contribution in [0.5, 0.6) is 0 Å². The van der Waals surface area contributed by atoms with Gasteiger partial charge in [0.2, 0.25) is 0 Å². The molecule has 0 bridgehead atoms. The van der Waals surface area contributed by atoms with E-state index in [1.54, 1.807) is 6.26 Å². The van der Waals surface area contributed by atoms with Crippen molar-refractivity contribution in [1.82, 2.24) is 5.32 Å². The molecule has 0 amide bonds. The zero-order valence-corrected chi connectivity index (χ0v) is 11.3. The predicted molar refractivity (Wildman–Crippen MR) is 69.3 cm³/mol. The van der Waals surface area contributed by atoms with Crippen molar-refractivity contribution >= 4 is 0 Å². The zero-order valence-electron chi connectivity index (χ0n) is 11.3. The van der Waals surface area contributed by atoms with Crippen LogP contribution >= 0.6 is 0 Å². The number of furan rings is 1. The molecular formula is C14H23NO3. The minimum Gasteiger partial charge on any atom is -0.467 e. The maximum absolute atomic E-state index is 5.48. The Morgan fingerprint density at radius 1 is 1.39 bits per heavy atom. The molecule has 1 fully saturated rings. The van der Waals surface area contributed by atoms with Crippen LogP contribution in [0.1, 0.15) is 38.0 Å². The molecule has 4 nitrogen and oxygen atoms in total. The summed E-state index contributed by atoms with van der Waals surface area (Å²) in [5, 5.41) is 3.45. The lowest BCUT2D eigenvalue weighted by atomic mass is 10.3. The molecule has 102 valence electrons. The van der Waals surface area contributed by atoms with Gasteiger partial charge in [-0.25, -0.2) is 0 Å². The van der Waals surface area contributed by atoms with Crippen LogP contribution in [0.2, 0.25) is 0 Å². The van der Waals surface area contributed by atoms with E-state index in [4.69, 9.17) is 13.9 Å². The fourth-order valence-corrected chi connectivity index (χ4v) is 1.66. The fourth-order valence-electron chi connectivity index (χ4n) is 1.66. The lowest BCUT2D eigenvalue weighted by Gasteiger charge is -2.06. The van der Waals surface area contributed by atoms with E-state index in [9.17, 15) is 0 Å². The predicted octanol–water partition coefficient (Wildman–Crippen LogP) is 2.47. The third-order valence-corrected chi connectivity index (χ3v) is 2.80.